The molecule has 1 atom stereocenters. The van der Waals surface area contributed by atoms with E-state index in [-0.39, 0.29) is 11.8 Å². The molecule has 0 bridgehead atoms. The highest BCUT2D eigenvalue weighted by molar-refractivity contribution is 8.00. The number of nitrogens with zero attached hydrogens (tertiary/aromatic N) is 1. The number of carbonyl (C=O) groups excluding carboxylic acids is 1. The van der Waals surface area contributed by atoms with Crippen LogP contribution in [0.3, 0.4) is 0 Å². The maximum atomic E-state index is 11.8. The number of alkyl halides is 3. The number of hydrogen-bond acceptors (Lipinski definition) is 4. The molecule has 0 spiro atoms. The molecule has 2 aromatic rings. The molecule has 1 amide bonds. The average molecular weight is 368 g/mol. The molecule has 114 valence electrons. The van der Waals surface area contributed by atoms with Crippen molar-refractivity contribution in [2.24, 2.45) is 5.92 Å². The van der Waals surface area contributed by atoms with Crippen molar-refractivity contribution in [3.8, 4) is 0 Å². The lowest BCUT2D eigenvalue weighted by Crippen LogP contribution is -2.43. The fraction of sp³-hybridized carbons (Fsp3) is 0.385. The minimum Gasteiger partial charge on any atom is -0.431 e. The monoisotopic (exact) mass is 366 g/mol. The van der Waals surface area contributed by atoms with Gasteiger partial charge in [0.25, 0.3) is 5.22 Å². The van der Waals surface area contributed by atoms with Gasteiger partial charge in [0.05, 0.1) is 0 Å². The average Bonchev–Trinajstić information content (AvgIpc) is 2.78. The molecule has 0 aliphatic rings. The molecule has 1 N–H and O–H groups in total. The Hall–Kier alpha value is -0.620. The minimum absolute atomic E-state index is 0.213. The lowest BCUT2D eigenvalue weighted by atomic mass is 10.2. The van der Waals surface area contributed by atoms with E-state index < -0.39 is 9.17 Å². The zero-order valence-corrected chi connectivity index (χ0v) is 14.4. The van der Waals surface area contributed by atoms with E-state index in [1.54, 1.807) is 19.9 Å². The Labute approximate surface area is 141 Å². The van der Waals surface area contributed by atoms with Crippen LogP contribution in [-0.4, -0.2) is 20.1 Å². The summed E-state index contributed by atoms with van der Waals surface area (Å²) >= 11 is 18.8. The quantitative estimate of drug-likeness (QED) is 0.495. The number of halogens is 3. The van der Waals surface area contributed by atoms with Gasteiger partial charge in [-0.15, -0.1) is 0 Å². The molecule has 0 radical (unpaired) electrons. The van der Waals surface area contributed by atoms with E-state index in [9.17, 15) is 4.79 Å². The fourth-order valence-electron chi connectivity index (χ4n) is 1.48. The van der Waals surface area contributed by atoms with Crippen molar-refractivity contribution in [3.63, 3.8) is 0 Å². The predicted molar refractivity (Wildman–Crippen MR) is 86.9 cm³/mol. The normalized spacial score (nSPS) is 13.6. The maximum Gasteiger partial charge on any atom is 0.258 e. The third-order valence-corrected chi connectivity index (χ3v) is 4.71. The van der Waals surface area contributed by atoms with Crippen LogP contribution in [0.25, 0.3) is 11.1 Å². The van der Waals surface area contributed by atoms with Crippen molar-refractivity contribution in [2.45, 2.75) is 28.2 Å². The Morgan fingerprint density at radius 3 is 2.57 bits per heavy atom. The molecule has 21 heavy (non-hydrogen) atoms. The Morgan fingerprint density at radius 1 is 1.33 bits per heavy atom. The zero-order valence-electron chi connectivity index (χ0n) is 11.3. The predicted octanol–water partition coefficient (Wildman–Crippen LogP) is 4.39. The molecule has 1 aromatic carbocycles. The van der Waals surface area contributed by atoms with Crippen LogP contribution in [0.1, 0.15) is 13.8 Å². The number of hydrogen-bond donors (Lipinski definition) is 1. The van der Waals surface area contributed by atoms with Crippen LogP contribution in [0.4, 0.5) is 0 Å². The molecule has 4 nitrogen and oxygen atoms in total. The Bertz CT molecular complexity index is 607. The third kappa shape index (κ3) is 4.42. The van der Waals surface area contributed by atoms with Crippen LogP contribution in [0.2, 0.25) is 0 Å². The number of oxazole rings is 1. The highest BCUT2D eigenvalue weighted by Crippen LogP contribution is 2.39. The number of aromatic nitrogens is 1. The second kappa shape index (κ2) is 6.65. The molecule has 2 rings (SSSR count). The second-order valence-corrected chi connectivity index (χ2v) is 8.08. The molecule has 0 saturated carbocycles. The first-order chi connectivity index (χ1) is 9.77. The molecule has 8 heteroatoms. The van der Waals surface area contributed by atoms with Crippen molar-refractivity contribution >= 4 is 63.6 Å². The van der Waals surface area contributed by atoms with E-state index in [1.807, 2.05) is 18.2 Å². The number of nitrogens with one attached hydrogen (secondary N) is 1. The summed E-state index contributed by atoms with van der Waals surface area (Å²) in [7, 11) is 0. The van der Waals surface area contributed by atoms with Crippen molar-refractivity contribution in [1.82, 2.24) is 10.3 Å². The summed E-state index contributed by atoms with van der Waals surface area (Å²) in [5, 5.41) is 2.21. The Balaban J connectivity index is 2.20. The van der Waals surface area contributed by atoms with E-state index in [0.29, 0.717) is 16.3 Å². The SMILES string of the molecule is CC(C)C(=O)N[C@H](Sc1nc2ccccc2o1)C(Cl)(Cl)Cl. The van der Waals surface area contributed by atoms with Gasteiger partial charge in [0, 0.05) is 5.92 Å². The van der Waals surface area contributed by atoms with E-state index in [2.05, 4.69) is 10.3 Å². The number of rotatable bonds is 4. The van der Waals surface area contributed by atoms with Gasteiger partial charge in [0.15, 0.2) is 5.58 Å². The number of amides is 1. The van der Waals surface area contributed by atoms with Gasteiger partial charge in [0.2, 0.25) is 9.70 Å². The topological polar surface area (TPSA) is 55.1 Å². The molecular weight excluding hydrogens is 355 g/mol. The first-order valence-electron chi connectivity index (χ1n) is 6.16. The Kier molecular flexibility index (Phi) is 5.30. The van der Waals surface area contributed by atoms with Gasteiger partial charge >= 0.3 is 0 Å². The van der Waals surface area contributed by atoms with Crippen LogP contribution in [0.5, 0.6) is 0 Å². The van der Waals surface area contributed by atoms with Gasteiger partial charge in [-0.2, -0.15) is 0 Å². The van der Waals surface area contributed by atoms with Gasteiger partial charge < -0.3 is 9.73 Å². The molecule has 0 fully saturated rings. The zero-order chi connectivity index (χ0) is 15.6. The summed E-state index contributed by atoms with van der Waals surface area (Å²) < 4.78 is 3.88. The van der Waals surface area contributed by atoms with Gasteiger partial charge in [-0.05, 0) is 23.9 Å². The van der Waals surface area contributed by atoms with Crippen LogP contribution in [0, 0.1) is 5.92 Å². The van der Waals surface area contributed by atoms with Crippen molar-refractivity contribution < 1.29 is 9.21 Å². The number of thioether (sulfide) groups is 1. The maximum absolute atomic E-state index is 11.8. The number of para-hydroxylation sites is 2. The number of fused-ring (bicyclic) bond motifs is 1. The highest BCUT2D eigenvalue weighted by atomic mass is 35.6. The molecule has 0 aliphatic carbocycles. The molecule has 1 aromatic heterocycles. The summed E-state index contributed by atoms with van der Waals surface area (Å²) in [4.78, 5) is 16.1. The second-order valence-electron chi connectivity index (χ2n) is 4.65. The van der Waals surface area contributed by atoms with Crippen molar-refractivity contribution in [3.05, 3.63) is 24.3 Å². The molecular formula is C13H13Cl3N2O2S. The first kappa shape index (κ1) is 16.7. The summed E-state index contributed by atoms with van der Waals surface area (Å²) in [5.41, 5.74) is 1.34. The highest BCUT2D eigenvalue weighted by Gasteiger charge is 2.36. The summed E-state index contributed by atoms with van der Waals surface area (Å²) in [6.45, 7) is 3.52. The summed E-state index contributed by atoms with van der Waals surface area (Å²) in [6, 6.07) is 7.31. The van der Waals surface area contributed by atoms with Crippen LogP contribution < -0.4 is 5.32 Å². The largest absolute Gasteiger partial charge is 0.431 e. The molecule has 0 aliphatic heterocycles. The molecule has 1 heterocycles. The number of carbonyl (C=O) groups is 1. The van der Waals surface area contributed by atoms with Gasteiger partial charge in [-0.1, -0.05) is 60.8 Å². The smallest absolute Gasteiger partial charge is 0.258 e. The molecule has 0 saturated heterocycles. The third-order valence-electron chi connectivity index (χ3n) is 2.59. The molecule has 0 unspecified atom stereocenters. The minimum atomic E-state index is -1.68. The Morgan fingerprint density at radius 2 is 2.00 bits per heavy atom. The van der Waals surface area contributed by atoms with E-state index in [4.69, 9.17) is 39.2 Å². The summed E-state index contributed by atoms with van der Waals surface area (Å²) in [6.07, 6.45) is 0. The van der Waals surface area contributed by atoms with E-state index in [1.165, 1.54) is 0 Å². The standard InChI is InChI=1S/C13H13Cl3N2O2S/c1-7(2)10(19)18-11(13(14,15)16)21-12-17-8-5-3-4-6-9(8)20-12/h3-7,11H,1-2H3,(H,18,19)/t11-/m1/s1. The lowest BCUT2D eigenvalue weighted by molar-refractivity contribution is -0.124. The van der Waals surface area contributed by atoms with E-state index >= 15 is 0 Å². The van der Waals surface area contributed by atoms with Gasteiger partial charge in [-0.3, -0.25) is 4.79 Å². The van der Waals surface area contributed by atoms with Crippen LogP contribution >= 0.6 is 46.6 Å². The van der Waals surface area contributed by atoms with Gasteiger partial charge in [-0.25, -0.2) is 4.98 Å². The van der Waals surface area contributed by atoms with Gasteiger partial charge in [0.1, 0.15) is 10.9 Å². The van der Waals surface area contributed by atoms with Crippen molar-refractivity contribution in [1.29, 1.82) is 0 Å². The van der Waals surface area contributed by atoms with Crippen molar-refractivity contribution in [2.75, 3.05) is 0 Å². The first-order valence-corrected chi connectivity index (χ1v) is 8.18. The van der Waals surface area contributed by atoms with E-state index in [0.717, 1.165) is 11.8 Å². The number of benzene rings is 1. The van der Waals surface area contributed by atoms with Crippen LogP contribution in [0.15, 0.2) is 33.9 Å². The lowest BCUT2D eigenvalue weighted by Gasteiger charge is -2.24. The van der Waals surface area contributed by atoms with Crippen LogP contribution in [-0.2, 0) is 4.79 Å². The summed E-state index contributed by atoms with van der Waals surface area (Å²) in [5.74, 6) is -0.431. The fourth-order valence-corrected chi connectivity index (χ4v) is 2.84.